The molecule has 1 saturated heterocycles. The standard InChI is InChI=1S/C27H27N5O3/c1-19-8-9-25-29-22(17-32(25)16-19)18-35-23-6-4-5-21(15-23)27(34)31-13-10-20(11-14-31)26(33)30-24-7-2-3-12-28-24/h2-9,12,15-17,20H,10-11,13-14,18H2,1H3,(H,28,30,33). The van der Waals surface area contributed by atoms with Crippen LogP contribution >= 0.6 is 0 Å². The van der Waals surface area contributed by atoms with Crippen molar-refractivity contribution < 1.29 is 14.3 Å². The van der Waals surface area contributed by atoms with Gasteiger partial charge in [-0.15, -0.1) is 0 Å². The van der Waals surface area contributed by atoms with Gasteiger partial charge < -0.3 is 19.4 Å². The van der Waals surface area contributed by atoms with E-state index in [4.69, 9.17) is 4.74 Å². The summed E-state index contributed by atoms with van der Waals surface area (Å²) in [7, 11) is 0. The van der Waals surface area contributed by atoms with E-state index >= 15 is 0 Å². The molecule has 0 unspecified atom stereocenters. The van der Waals surface area contributed by atoms with Crippen LogP contribution in [0, 0.1) is 12.8 Å². The van der Waals surface area contributed by atoms with Crippen molar-refractivity contribution in [2.24, 2.45) is 5.92 Å². The lowest BCUT2D eigenvalue weighted by atomic mass is 9.95. The molecule has 0 aliphatic carbocycles. The number of carbonyl (C=O) groups is 2. The van der Waals surface area contributed by atoms with E-state index in [1.54, 1.807) is 35.4 Å². The third-order valence-corrected chi connectivity index (χ3v) is 6.19. The largest absolute Gasteiger partial charge is 0.487 e. The number of carbonyl (C=O) groups excluding carboxylic acids is 2. The maximum Gasteiger partial charge on any atom is 0.253 e. The van der Waals surface area contributed by atoms with Crippen molar-refractivity contribution in [3.8, 4) is 5.75 Å². The van der Waals surface area contributed by atoms with Crippen molar-refractivity contribution in [1.82, 2.24) is 19.3 Å². The first kappa shape index (κ1) is 22.6. The van der Waals surface area contributed by atoms with Crippen molar-refractivity contribution >= 4 is 23.3 Å². The second-order valence-corrected chi connectivity index (χ2v) is 8.79. The highest BCUT2D eigenvalue weighted by atomic mass is 16.5. The second-order valence-electron chi connectivity index (χ2n) is 8.79. The van der Waals surface area contributed by atoms with Crippen LogP contribution in [-0.2, 0) is 11.4 Å². The number of imidazole rings is 1. The zero-order chi connectivity index (χ0) is 24.2. The molecule has 1 aliphatic rings. The number of hydrogen-bond donors (Lipinski definition) is 1. The molecule has 2 amide bonds. The van der Waals surface area contributed by atoms with Gasteiger partial charge in [0.15, 0.2) is 0 Å². The molecule has 4 aromatic rings. The third-order valence-electron chi connectivity index (χ3n) is 6.19. The highest BCUT2D eigenvalue weighted by Gasteiger charge is 2.28. The predicted octanol–water partition coefficient (Wildman–Crippen LogP) is 4.11. The van der Waals surface area contributed by atoms with Gasteiger partial charge in [0.25, 0.3) is 5.91 Å². The van der Waals surface area contributed by atoms with Crippen LogP contribution in [0.1, 0.15) is 34.5 Å². The van der Waals surface area contributed by atoms with Gasteiger partial charge in [-0.25, -0.2) is 9.97 Å². The Bertz CT molecular complexity index is 1340. The van der Waals surface area contributed by atoms with E-state index in [1.165, 1.54) is 0 Å². The lowest BCUT2D eigenvalue weighted by molar-refractivity contribution is -0.121. The number of benzene rings is 1. The lowest BCUT2D eigenvalue weighted by Gasteiger charge is -2.31. The number of ether oxygens (including phenoxy) is 1. The number of fused-ring (bicyclic) bond motifs is 1. The Morgan fingerprint density at radius 2 is 1.91 bits per heavy atom. The zero-order valence-electron chi connectivity index (χ0n) is 19.6. The zero-order valence-corrected chi connectivity index (χ0v) is 19.6. The number of amides is 2. The minimum atomic E-state index is -0.134. The second kappa shape index (κ2) is 9.97. The van der Waals surface area contributed by atoms with Gasteiger partial charge in [0.1, 0.15) is 23.8 Å². The van der Waals surface area contributed by atoms with Crippen LogP contribution in [0.2, 0.25) is 0 Å². The van der Waals surface area contributed by atoms with Gasteiger partial charge in [-0.1, -0.05) is 18.2 Å². The SMILES string of the molecule is Cc1ccc2nc(COc3cccc(C(=O)N4CCC(C(=O)Nc5ccccn5)CC4)c3)cn2c1. The molecule has 3 aromatic heterocycles. The molecule has 178 valence electrons. The number of aromatic nitrogens is 3. The lowest BCUT2D eigenvalue weighted by Crippen LogP contribution is -2.41. The van der Waals surface area contributed by atoms with Crippen LogP contribution in [0.3, 0.4) is 0 Å². The summed E-state index contributed by atoms with van der Waals surface area (Å²) in [6.07, 6.45) is 6.86. The molecule has 0 radical (unpaired) electrons. The van der Waals surface area contributed by atoms with Crippen molar-refractivity contribution in [1.29, 1.82) is 0 Å². The highest BCUT2D eigenvalue weighted by Crippen LogP contribution is 2.22. The van der Waals surface area contributed by atoms with Crippen LogP contribution in [-0.4, -0.2) is 44.2 Å². The molecule has 1 aromatic carbocycles. The average Bonchev–Trinajstić information content (AvgIpc) is 3.30. The fourth-order valence-electron chi connectivity index (χ4n) is 4.29. The summed E-state index contributed by atoms with van der Waals surface area (Å²) < 4.78 is 7.91. The number of nitrogens with zero attached hydrogens (tertiary/aromatic N) is 4. The van der Waals surface area contributed by atoms with Crippen LogP contribution in [0.25, 0.3) is 5.65 Å². The summed E-state index contributed by atoms with van der Waals surface area (Å²) in [5.41, 5.74) is 3.42. The number of nitrogens with one attached hydrogen (secondary N) is 1. The normalized spacial score (nSPS) is 14.1. The topological polar surface area (TPSA) is 88.8 Å². The summed E-state index contributed by atoms with van der Waals surface area (Å²) in [6.45, 7) is 3.42. The van der Waals surface area contributed by atoms with Crippen molar-refractivity contribution in [2.75, 3.05) is 18.4 Å². The minimum Gasteiger partial charge on any atom is -0.487 e. The van der Waals surface area contributed by atoms with Crippen LogP contribution in [0.4, 0.5) is 5.82 Å². The summed E-state index contributed by atoms with van der Waals surface area (Å²) in [5, 5.41) is 2.86. The predicted molar refractivity (Wildman–Crippen MR) is 132 cm³/mol. The van der Waals surface area contributed by atoms with Gasteiger partial charge in [0.05, 0.1) is 5.69 Å². The Balaban J connectivity index is 1.16. The average molecular weight is 470 g/mol. The first-order chi connectivity index (χ1) is 17.0. The van der Waals surface area contributed by atoms with Gasteiger partial charge in [0.2, 0.25) is 5.91 Å². The molecule has 0 saturated carbocycles. The number of pyridine rings is 2. The smallest absolute Gasteiger partial charge is 0.253 e. The number of likely N-dealkylation sites (tertiary alicyclic amines) is 1. The number of aryl methyl sites for hydroxylation is 1. The third kappa shape index (κ3) is 5.32. The van der Waals surface area contributed by atoms with E-state index in [1.807, 2.05) is 54.0 Å². The highest BCUT2D eigenvalue weighted by molar-refractivity contribution is 5.95. The number of rotatable bonds is 6. The van der Waals surface area contributed by atoms with Gasteiger partial charge in [-0.3, -0.25) is 9.59 Å². The molecule has 8 nitrogen and oxygen atoms in total. The van der Waals surface area contributed by atoms with Gasteiger partial charge >= 0.3 is 0 Å². The minimum absolute atomic E-state index is 0.0479. The molecule has 35 heavy (non-hydrogen) atoms. The Morgan fingerprint density at radius 1 is 1.06 bits per heavy atom. The van der Waals surface area contributed by atoms with Gasteiger partial charge in [0, 0.05) is 43.2 Å². The van der Waals surface area contributed by atoms with E-state index < -0.39 is 0 Å². The van der Waals surface area contributed by atoms with Crippen LogP contribution in [0.5, 0.6) is 5.75 Å². The molecule has 8 heteroatoms. The fraction of sp³-hybridized carbons (Fsp3) is 0.259. The van der Waals surface area contributed by atoms with Gasteiger partial charge in [-0.2, -0.15) is 0 Å². The molecule has 1 aliphatic heterocycles. The maximum atomic E-state index is 13.1. The molecule has 1 N–H and O–H groups in total. The molecule has 5 rings (SSSR count). The van der Waals surface area contributed by atoms with Crippen molar-refractivity contribution in [3.05, 3.63) is 90.0 Å². The summed E-state index contributed by atoms with van der Waals surface area (Å²) in [6, 6.07) is 16.6. The molecule has 4 heterocycles. The number of hydrogen-bond acceptors (Lipinski definition) is 5. The van der Waals surface area contributed by atoms with Crippen LogP contribution < -0.4 is 10.1 Å². The molecular weight excluding hydrogens is 442 g/mol. The van der Waals surface area contributed by atoms with Crippen LogP contribution in [0.15, 0.2) is 73.2 Å². The summed E-state index contributed by atoms with van der Waals surface area (Å²) in [4.78, 5) is 36.1. The molecule has 0 atom stereocenters. The maximum absolute atomic E-state index is 13.1. The van der Waals surface area contributed by atoms with Crippen molar-refractivity contribution in [3.63, 3.8) is 0 Å². The van der Waals surface area contributed by atoms with Crippen molar-refractivity contribution in [2.45, 2.75) is 26.4 Å². The quantitative estimate of drug-likeness (QED) is 0.459. The number of piperidine rings is 1. The number of anilines is 1. The summed E-state index contributed by atoms with van der Waals surface area (Å²) >= 11 is 0. The molecule has 1 fully saturated rings. The van der Waals surface area contributed by atoms with E-state index in [9.17, 15) is 9.59 Å². The monoisotopic (exact) mass is 469 g/mol. The first-order valence-electron chi connectivity index (χ1n) is 11.7. The molecular formula is C27H27N5O3. The Kier molecular flexibility index (Phi) is 6.43. The van der Waals surface area contributed by atoms with E-state index in [2.05, 4.69) is 15.3 Å². The fourth-order valence-corrected chi connectivity index (χ4v) is 4.29. The first-order valence-corrected chi connectivity index (χ1v) is 11.7. The van der Waals surface area contributed by atoms with E-state index in [0.717, 1.165) is 16.9 Å². The Labute approximate surface area is 203 Å². The van der Waals surface area contributed by atoms with Gasteiger partial charge in [-0.05, 0) is 61.7 Å². The van der Waals surface area contributed by atoms with E-state index in [-0.39, 0.29) is 17.7 Å². The van der Waals surface area contributed by atoms with E-state index in [0.29, 0.717) is 49.7 Å². The molecule has 0 spiro atoms. The Hall–Kier alpha value is -4.20. The Morgan fingerprint density at radius 3 is 2.71 bits per heavy atom. The molecule has 0 bridgehead atoms. The summed E-state index contributed by atoms with van der Waals surface area (Å²) in [5.74, 6) is 0.931.